The maximum atomic E-state index is 13.5. The van der Waals surface area contributed by atoms with Crippen molar-refractivity contribution in [1.29, 1.82) is 0 Å². The summed E-state index contributed by atoms with van der Waals surface area (Å²) < 4.78 is 10.4. The van der Waals surface area contributed by atoms with Gasteiger partial charge in [-0.1, -0.05) is 39.3 Å². The Hall–Kier alpha value is -4.74. The summed E-state index contributed by atoms with van der Waals surface area (Å²) in [6, 6.07) is 4.36. The van der Waals surface area contributed by atoms with E-state index >= 15 is 0 Å². The Labute approximate surface area is 325 Å². The minimum absolute atomic E-state index is 0.00218. The zero-order chi connectivity index (χ0) is 41.4. The summed E-state index contributed by atoms with van der Waals surface area (Å²) in [4.78, 5) is 64.5. The maximum Gasteiger partial charge on any atom is 0.240 e. The number of rotatable bonds is 10. The second-order valence-corrected chi connectivity index (χ2v) is 14.1. The van der Waals surface area contributed by atoms with Crippen LogP contribution in [-0.4, -0.2) is 111 Å². The van der Waals surface area contributed by atoms with Gasteiger partial charge < -0.3 is 40.7 Å². The molecule has 0 saturated carbocycles. The number of nitrogens with one attached hydrogen (secondary N) is 1. The molecule has 2 aliphatic heterocycles. The van der Waals surface area contributed by atoms with Crippen LogP contribution < -0.4 is 15.9 Å². The molecule has 0 radical (unpaired) electrons. The average Bonchev–Trinajstić information content (AvgIpc) is 3.43. The van der Waals surface area contributed by atoms with Gasteiger partial charge in [0.25, 0.3) is 0 Å². The number of phenolic OH excluding ortho intramolecular Hbond substituents is 2. The number of nitrogens with zero attached hydrogens (tertiary/aromatic N) is 2. The lowest BCUT2D eigenvalue weighted by Crippen LogP contribution is -2.47. The van der Waals surface area contributed by atoms with Crippen LogP contribution in [0, 0.1) is 11.8 Å². The molecule has 16 nitrogen and oxygen atoms in total. The van der Waals surface area contributed by atoms with E-state index in [-0.39, 0.29) is 94.8 Å². The van der Waals surface area contributed by atoms with Crippen molar-refractivity contribution < 1.29 is 59.0 Å². The van der Waals surface area contributed by atoms with Crippen molar-refractivity contribution in [3.63, 3.8) is 0 Å². The Bertz CT molecular complexity index is 1840. The van der Waals surface area contributed by atoms with Crippen LogP contribution in [0.1, 0.15) is 122 Å². The predicted molar refractivity (Wildman–Crippen MR) is 203 cm³/mol. The molecule has 0 spiro atoms. The highest BCUT2D eigenvalue weighted by Crippen LogP contribution is 2.50. The van der Waals surface area contributed by atoms with Crippen LogP contribution in [0.25, 0.3) is 0 Å². The van der Waals surface area contributed by atoms with E-state index in [2.05, 4.69) is 10.5 Å². The monoisotopic (exact) mass is 782 g/mol. The van der Waals surface area contributed by atoms with Crippen LogP contribution in [-0.2, 0) is 25.5 Å². The largest absolute Gasteiger partial charge is 0.507 e. The number of fused-ring (bicyclic) bond motifs is 3. The molecule has 2 aromatic carbocycles. The molecule has 3 amide bonds. The van der Waals surface area contributed by atoms with Crippen LogP contribution >= 0.6 is 0 Å². The van der Waals surface area contributed by atoms with Crippen molar-refractivity contribution in [2.24, 2.45) is 22.7 Å². The second kappa shape index (κ2) is 19.4. The van der Waals surface area contributed by atoms with Gasteiger partial charge in [-0.3, -0.25) is 28.9 Å². The third-order valence-corrected chi connectivity index (χ3v) is 10.5. The Morgan fingerprint density at radius 1 is 1.00 bits per heavy atom. The summed E-state index contributed by atoms with van der Waals surface area (Å²) in [5, 5.41) is 56.8. The lowest BCUT2D eigenvalue weighted by molar-refractivity contribution is -0.139. The molecule has 2 aromatic rings. The fourth-order valence-electron chi connectivity index (χ4n) is 7.42. The van der Waals surface area contributed by atoms with Gasteiger partial charge in [0.15, 0.2) is 5.78 Å². The van der Waals surface area contributed by atoms with Gasteiger partial charge in [-0.15, -0.1) is 0 Å². The summed E-state index contributed by atoms with van der Waals surface area (Å²) in [6.07, 6.45) is 0.704. The number of amides is 3. The maximum absolute atomic E-state index is 13.5. The molecular formula is C40H54N4O12. The van der Waals surface area contributed by atoms with E-state index in [1.807, 2.05) is 20.8 Å². The fraction of sp³-hybridized carbons (Fsp3) is 0.550. The first kappa shape index (κ1) is 44.0. The third kappa shape index (κ3) is 9.10. The number of aliphatic hydroxyl groups excluding tert-OH is 3. The molecule has 0 aromatic heterocycles. The number of hydrazone groups is 1. The molecule has 56 heavy (non-hydrogen) atoms. The molecule has 4 aliphatic rings. The Morgan fingerprint density at radius 3 is 2.30 bits per heavy atom. The number of imide groups is 1. The smallest absolute Gasteiger partial charge is 0.240 e. The van der Waals surface area contributed by atoms with Crippen molar-refractivity contribution in [3.05, 3.63) is 51.6 Å². The number of benzene rings is 2. The summed E-state index contributed by atoms with van der Waals surface area (Å²) in [5.41, 5.74) is 7.16. The number of carbonyl (C=O) groups excluding carboxylic acids is 5. The molecule has 16 heteroatoms. The minimum atomic E-state index is -1.39. The molecule has 2 saturated heterocycles. The van der Waals surface area contributed by atoms with Gasteiger partial charge in [0, 0.05) is 60.6 Å². The summed E-state index contributed by atoms with van der Waals surface area (Å²) in [5.74, 6) is -4.21. The second-order valence-electron chi connectivity index (χ2n) is 14.1. The molecule has 6 atom stereocenters. The molecule has 6 rings (SSSR count). The number of ketones is 2. The van der Waals surface area contributed by atoms with E-state index in [9.17, 15) is 49.5 Å². The van der Waals surface area contributed by atoms with Crippen LogP contribution in [0.3, 0.4) is 0 Å². The molecule has 306 valence electrons. The number of hydrogen-bond acceptors (Lipinski definition) is 14. The number of phenols is 2. The zero-order valence-electron chi connectivity index (χ0n) is 32.5. The number of unbranched alkanes of at least 4 members (excludes halogenated alkanes) is 2. The zero-order valence-corrected chi connectivity index (χ0v) is 32.5. The van der Waals surface area contributed by atoms with Crippen molar-refractivity contribution in [2.45, 2.75) is 103 Å². The first-order chi connectivity index (χ1) is 26.7. The van der Waals surface area contributed by atoms with E-state index in [4.69, 9.17) is 15.2 Å². The molecule has 8 N–H and O–H groups in total. The minimum Gasteiger partial charge on any atom is -0.507 e. The topological polar surface area (TPSA) is 259 Å². The van der Waals surface area contributed by atoms with Crippen molar-refractivity contribution in [3.8, 4) is 17.2 Å². The number of nitrogens with two attached hydrogens (primary N) is 1. The summed E-state index contributed by atoms with van der Waals surface area (Å²) in [6.45, 7) is 7.97. The quantitative estimate of drug-likeness (QED) is 0.0513. The Balaban J connectivity index is 0.000000550. The lowest BCUT2D eigenvalue weighted by atomic mass is 9.73. The fourth-order valence-corrected chi connectivity index (χ4v) is 7.42. The number of methoxy groups -OCH3 is 1. The number of hydrogen-bond donors (Lipinski definition) is 7. The van der Waals surface area contributed by atoms with Crippen molar-refractivity contribution in [1.82, 2.24) is 10.3 Å². The number of aliphatic hydroxyl groups is 3. The molecule has 2 fully saturated rings. The van der Waals surface area contributed by atoms with Crippen molar-refractivity contribution >= 4 is 35.0 Å². The molecule has 5 unspecified atom stereocenters. The first-order valence-corrected chi connectivity index (χ1v) is 19.1. The number of aromatic hydroxyl groups is 2. The lowest BCUT2D eigenvalue weighted by Gasteiger charge is -2.32. The SMILES string of the molecule is CC.CC1OCCC(N)C1O.COc1cccc2c1C(=O)c1c(O)c3c(c(O)c1C2=O)C[C@@H](/C(CO)=N/NC(=O)CCCCCN1C(=O)CC(C)C1=O)CC3O. The highest BCUT2D eigenvalue weighted by atomic mass is 16.5. The van der Waals surface area contributed by atoms with E-state index in [0.717, 1.165) is 6.42 Å². The average molecular weight is 783 g/mol. The first-order valence-electron chi connectivity index (χ1n) is 19.1. The van der Waals surface area contributed by atoms with E-state index < -0.39 is 59.3 Å². The normalized spacial score (nSPS) is 24.2. The van der Waals surface area contributed by atoms with Gasteiger partial charge in [0.2, 0.25) is 23.5 Å². The van der Waals surface area contributed by atoms with E-state index in [1.54, 1.807) is 6.92 Å². The molecule has 2 aliphatic carbocycles. The van der Waals surface area contributed by atoms with Crippen LogP contribution in [0.4, 0.5) is 0 Å². The Kier molecular flexibility index (Phi) is 15.2. The van der Waals surface area contributed by atoms with Crippen LogP contribution in [0.15, 0.2) is 23.3 Å². The Morgan fingerprint density at radius 2 is 1.70 bits per heavy atom. The molecular weight excluding hydrogens is 728 g/mol. The van der Waals surface area contributed by atoms with Gasteiger partial charge in [0.05, 0.1) is 54.4 Å². The number of carbonyl (C=O) groups is 5. The highest BCUT2D eigenvalue weighted by molar-refractivity contribution is 6.31. The van der Waals surface area contributed by atoms with Gasteiger partial charge in [-0.25, -0.2) is 5.43 Å². The van der Waals surface area contributed by atoms with E-state index in [1.165, 1.54) is 30.2 Å². The highest BCUT2D eigenvalue weighted by Gasteiger charge is 2.43. The van der Waals surface area contributed by atoms with Crippen molar-refractivity contribution in [2.75, 3.05) is 26.9 Å². The molecule has 2 heterocycles. The summed E-state index contributed by atoms with van der Waals surface area (Å²) >= 11 is 0. The van der Waals surface area contributed by atoms with Gasteiger partial charge in [-0.2, -0.15) is 5.10 Å². The standard InChI is InChI=1S/C32H35N3O10.C6H13NO2.C2H6/c1-15-11-23(39)35(32(15)44)10-5-3-4-9-22(38)34-33-19(14-36)16-12-18-24(20(37)13-16)30(42)27-26(29(18)41)28(40)17-7-6-8-21(45-2)25(17)31(27)43;1-4-6(8)5(7)2-3-9-4;1-2/h6-8,15-16,20,36-37,41-42H,3-5,9-14H2,1-2H3,(H,34,38);4-6,8H,2-3,7H2,1H3;1-2H3/b33-19+;;/t15?,16-,20?;;/m1../s1. The van der Waals surface area contributed by atoms with Gasteiger partial charge in [0.1, 0.15) is 17.2 Å². The summed E-state index contributed by atoms with van der Waals surface area (Å²) in [7, 11) is 1.34. The van der Waals surface area contributed by atoms with Crippen LogP contribution in [0.5, 0.6) is 17.2 Å². The van der Waals surface area contributed by atoms with E-state index in [0.29, 0.717) is 32.4 Å². The van der Waals surface area contributed by atoms with Gasteiger partial charge in [-0.05, 0) is 45.1 Å². The number of ether oxygens (including phenoxy) is 2. The third-order valence-electron chi connectivity index (χ3n) is 10.5. The molecule has 0 bridgehead atoms. The predicted octanol–water partition coefficient (Wildman–Crippen LogP) is 2.41. The number of likely N-dealkylation sites (tertiary alicyclic amines) is 1. The van der Waals surface area contributed by atoms with Gasteiger partial charge >= 0.3 is 0 Å². The van der Waals surface area contributed by atoms with Crippen LogP contribution in [0.2, 0.25) is 0 Å².